The molecule has 0 aromatic heterocycles. The molecule has 0 radical (unpaired) electrons. The maximum Gasteiger partial charge on any atom is 0.325 e. The molecule has 1 unspecified atom stereocenters. The number of hydrogen-bond donors (Lipinski definition) is 2. The van der Waals surface area contributed by atoms with Crippen LogP contribution in [0.25, 0.3) is 0 Å². The Kier molecular flexibility index (Phi) is 4.56. The van der Waals surface area contributed by atoms with Crippen LogP contribution in [-0.2, 0) is 10.3 Å². The molecule has 2 N–H and O–H groups in total. The van der Waals surface area contributed by atoms with Crippen molar-refractivity contribution >= 4 is 11.9 Å². The SMILES string of the molecule is CCCCC1(c2ccccc2)NC(=O)N(CC(C)(C)O)C1=O. The highest BCUT2D eigenvalue weighted by Gasteiger charge is 2.52. The Labute approximate surface area is 131 Å². The second kappa shape index (κ2) is 6.08. The first-order valence-electron chi connectivity index (χ1n) is 7.72. The lowest BCUT2D eigenvalue weighted by molar-refractivity contribution is -0.134. The summed E-state index contributed by atoms with van der Waals surface area (Å²) in [5.41, 5.74) is -1.34. The Morgan fingerprint density at radius 1 is 1.23 bits per heavy atom. The number of hydrogen-bond acceptors (Lipinski definition) is 3. The van der Waals surface area contributed by atoms with Gasteiger partial charge in [-0.3, -0.25) is 9.69 Å². The van der Waals surface area contributed by atoms with Crippen molar-refractivity contribution in [3.8, 4) is 0 Å². The zero-order valence-electron chi connectivity index (χ0n) is 13.4. The molecule has 1 aromatic carbocycles. The predicted molar refractivity (Wildman–Crippen MR) is 84.2 cm³/mol. The quantitative estimate of drug-likeness (QED) is 0.793. The van der Waals surface area contributed by atoms with Crippen molar-refractivity contribution in [1.82, 2.24) is 10.2 Å². The summed E-state index contributed by atoms with van der Waals surface area (Å²) in [4.78, 5) is 26.4. The molecule has 0 saturated carbocycles. The Morgan fingerprint density at radius 2 is 1.86 bits per heavy atom. The van der Waals surface area contributed by atoms with Crippen LogP contribution in [0.5, 0.6) is 0 Å². The number of benzene rings is 1. The van der Waals surface area contributed by atoms with Crippen LogP contribution in [0, 0.1) is 0 Å². The predicted octanol–water partition coefficient (Wildman–Crippen LogP) is 2.39. The van der Waals surface area contributed by atoms with Crippen LogP contribution in [0.4, 0.5) is 4.79 Å². The Hall–Kier alpha value is -1.88. The Balaban J connectivity index is 2.39. The first-order chi connectivity index (χ1) is 10.3. The summed E-state index contributed by atoms with van der Waals surface area (Å²) < 4.78 is 0. The van der Waals surface area contributed by atoms with Crippen LogP contribution in [0.2, 0.25) is 0 Å². The van der Waals surface area contributed by atoms with E-state index in [1.54, 1.807) is 13.8 Å². The van der Waals surface area contributed by atoms with Crippen LogP contribution in [-0.4, -0.2) is 34.1 Å². The van der Waals surface area contributed by atoms with Crippen LogP contribution < -0.4 is 5.32 Å². The van der Waals surface area contributed by atoms with Gasteiger partial charge in [0.15, 0.2) is 0 Å². The minimum atomic E-state index is -1.12. The van der Waals surface area contributed by atoms with Gasteiger partial charge in [0.25, 0.3) is 5.91 Å². The van der Waals surface area contributed by atoms with E-state index in [0.717, 1.165) is 23.3 Å². The number of carbonyl (C=O) groups excluding carboxylic acids is 2. The van der Waals surface area contributed by atoms with Gasteiger partial charge in [-0.05, 0) is 25.8 Å². The van der Waals surface area contributed by atoms with Crippen LogP contribution in [0.1, 0.15) is 45.6 Å². The molecule has 0 aliphatic carbocycles. The molecule has 1 aliphatic heterocycles. The van der Waals surface area contributed by atoms with E-state index in [1.165, 1.54) is 0 Å². The summed E-state index contributed by atoms with van der Waals surface area (Å²) in [6, 6.07) is 8.89. The average molecular weight is 304 g/mol. The summed E-state index contributed by atoms with van der Waals surface area (Å²) in [6.07, 6.45) is 2.32. The second-order valence-corrected chi connectivity index (χ2v) is 6.51. The third kappa shape index (κ3) is 3.14. The molecule has 1 atom stereocenters. The lowest BCUT2D eigenvalue weighted by Gasteiger charge is -2.28. The number of β-amino-alcohol motifs (C(OH)–C–C–N with tert-alkyl or cyclic N) is 1. The van der Waals surface area contributed by atoms with Crippen LogP contribution in [0.15, 0.2) is 30.3 Å². The molecule has 1 aromatic rings. The molecule has 1 saturated heterocycles. The number of nitrogens with zero attached hydrogens (tertiary/aromatic N) is 1. The number of unbranched alkanes of at least 4 members (excludes halogenated alkanes) is 1. The van der Waals surface area contributed by atoms with Gasteiger partial charge in [-0.25, -0.2) is 4.79 Å². The molecule has 1 fully saturated rings. The van der Waals surface area contributed by atoms with E-state index >= 15 is 0 Å². The molecule has 1 heterocycles. The monoisotopic (exact) mass is 304 g/mol. The minimum absolute atomic E-state index is 0.0155. The fraction of sp³-hybridized carbons (Fsp3) is 0.529. The van der Waals surface area contributed by atoms with Gasteiger partial charge >= 0.3 is 6.03 Å². The smallest absolute Gasteiger partial charge is 0.325 e. The van der Waals surface area contributed by atoms with Gasteiger partial charge in [0.05, 0.1) is 12.1 Å². The van der Waals surface area contributed by atoms with Gasteiger partial charge in [-0.2, -0.15) is 0 Å². The van der Waals surface area contributed by atoms with E-state index < -0.39 is 17.2 Å². The topological polar surface area (TPSA) is 69.6 Å². The fourth-order valence-electron chi connectivity index (χ4n) is 2.83. The summed E-state index contributed by atoms with van der Waals surface area (Å²) in [6.45, 7) is 5.21. The number of nitrogens with one attached hydrogen (secondary N) is 1. The van der Waals surface area contributed by atoms with Gasteiger partial charge in [0.2, 0.25) is 0 Å². The molecular weight excluding hydrogens is 280 g/mol. The third-order valence-corrected chi connectivity index (χ3v) is 3.89. The summed E-state index contributed by atoms with van der Waals surface area (Å²) in [5, 5.41) is 12.8. The van der Waals surface area contributed by atoms with Crippen molar-refractivity contribution < 1.29 is 14.7 Å². The van der Waals surface area contributed by atoms with E-state index in [4.69, 9.17) is 0 Å². The molecule has 1 aliphatic rings. The zero-order chi connectivity index (χ0) is 16.4. The number of rotatable bonds is 6. The molecule has 22 heavy (non-hydrogen) atoms. The van der Waals surface area contributed by atoms with E-state index in [-0.39, 0.29) is 12.5 Å². The Bertz CT molecular complexity index is 551. The summed E-state index contributed by atoms with van der Waals surface area (Å²) in [7, 11) is 0. The maximum atomic E-state index is 13.0. The van der Waals surface area contributed by atoms with Crippen LogP contribution in [0.3, 0.4) is 0 Å². The first kappa shape index (κ1) is 16.5. The van der Waals surface area contributed by atoms with E-state index in [1.807, 2.05) is 30.3 Å². The van der Waals surface area contributed by atoms with E-state index in [2.05, 4.69) is 12.2 Å². The molecule has 120 valence electrons. The third-order valence-electron chi connectivity index (χ3n) is 3.89. The number of carbonyl (C=O) groups is 2. The van der Waals surface area contributed by atoms with Gasteiger partial charge < -0.3 is 10.4 Å². The average Bonchev–Trinajstić information content (AvgIpc) is 2.70. The highest BCUT2D eigenvalue weighted by Crippen LogP contribution is 2.34. The summed E-state index contributed by atoms with van der Waals surface area (Å²) >= 11 is 0. The molecule has 5 nitrogen and oxygen atoms in total. The summed E-state index contributed by atoms with van der Waals surface area (Å²) in [5.74, 6) is -0.278. The van der Waals surface area contributed by atoms with Gasteiger partial charge in [0, 0.05) is 0 Å². The molecular formula is C17H24N2O3. The standard InChI is InChI=1S/C17H24N2O3/c1-4-5-11-17(13-9-7-6-8-10-13)14(20)19(15(21)18-17)12-16(2,3)22/h6-10,22H,4-5,11-12H2,1-3H3,(H,18,21). The number of urea groups is 1. The Morgan fingerprint density at radius 3 is 2.41 bits per heavy atom. The lowest BCUT2D eigenvalue weighted by Crippen LogP contribution is -2.46. The molecule has 0 spiro atoms. The van der Waals surface area contributed by atoms with Gasteiger partial charge in [0.1, 0.15) is 5.54 Å². The normalized spacial score (nSPS) is 22.1. The minimum Gasteiger partial charge on any atom is -0.389 e. The molecule has 2 rings (SSSR count). The van der Waals surface area contributed by atoms with Gasteiger partial charge in [-0.15, -0.1) is 0 Å². The first-order valence-corrected chi connectivity index (χ1v) is 7.72. The second-order valence-electron chi connectivity index (χ2n) is 6.51. The maximum absolute atomic E-state index is 13.0. The number of aliphatic hydroxyl groups is 1. The molecule has 0 bridgehead atoms. The van der Waals surface area contributed by atoms with Crippen molar-refractivity contribution in [2.75, 3.05) is 6.54 Å². The highest BCUT2D eigenvalue weighted by atomic mass is 16.3. The van der Waals surface area contributed by atoms with Gasteiger partial charge in [-0.1, -0.05) is 50.1 Å². The zero-order valence-corrected chi connectivity index (χ0v) is 13.4. The van der Waals surface area contributed by atoms with E-state index in [9.17, 15) is 14.7 Å². The highest BCUT2D eigenvalue weighted by molar-refractivity contribution is 6.07. The number of amides is 3. The molecule has 5 heteroatoms. The fourth-order valence-corrected chi connectivity index (χ4v) is 2.83. The van der Waals surface area contributed by atoms with Crippen molar-refractivity contribution in [2.45, 2.75) is 51.2 Å². The van der Waals surface area contributed by atoms with E-state index in [0.29, 0.717) is 6.42 Å². The van der Waals surface area contributed by atoms with Crippen LogP contribution >= 0.6 is 0 Å². The molecule has 3 amide bonds. The largest absolute Gasteiger partial charge is 0.389 e. The number of imide groups is 1. The van der Waals surface area contributed by atoms with Crippen molar-refractivity contribution in [2.24, 2.45) is 0 Å². The lowest BCUT2D eigenvalue weighted by atomic mass is 9.84. The van der Waals surface area contributed by atoms with Crippen molar-refractivity contribution in [1.29, 1.82) is 0 Å². The van der Waals surface area contributed by atoms with Crippen molar-refractivity contribution in [3.05, 3.63) is 35.9 Å². The van der Waals surface area contributed by atoms with Crippen molar-refractivity contribution in [3.63, 3.8) is 0 Å².